The Kier molecular flexibility index (Phi) is 4.45. The Morgan fingerprint density at radius 2 is 2.22 bits per heavy atom. The summed E-state index contributed by atoms with van der Waals surface area (Å²) in [6.07, 6.45) is 3.57. The van der Waals surface area contributed by atoms with Crippen molar-refractivity contribution in [2.75, 3.05) is 17.2 Å². The molecule has 2 fully saturated rings. The predicted molar refractivity (Wildman–Crippen MR) is 100 cm³/mol. The smallest absolute Gasteiger partial charge is 0.352 e. The van der Waals surface area contributed by atoms with Crippen molar-refractivity contribution < 1.29 is 19.5 Å². The number of anilines is 1. The summed E-state index contributed by atoms with van der Waals surface area (Å²) in [5.74, 6) is -1.50. The number of carboxylic acids is 1. The zero-order valence-corrected chi connectivity index (χ0v) is 15.5. The normalized spacial score (nSPS) is 26.5. The van der Waals surface area contributed by atoms with Crippen LogP contribution in [0.3, 0.4) is 0 Å². The highest BCUT2D eigenvalue weighted by molar-refractivity contribution is 8.00. The van der Waals surface area contributed by atoms with E-state index in [1.165, 1.54) is 27.8 Å². The predicted octanol–water partition coefficient (Wildman–Crippen LogP) is 0.979. The number of pyridine rings is 1. The number of nitrogens with zero attached hydrogens (tertiary/aromatic N) is 3. The molecule has 3 N–H and O–H groups in total. The van der Waals surface area contributed by atoms with Crippen LogP contribution in [0.2, 0.25) is 5.15 Å². The lowest BCUT2D eigenvalue weighted by Gasteiger charge is -2.47. The second kappa shape index (κ2) is 6.66. The SMILES string of the molecule is N[C@@H]1C(=O)N2C(C(=O)O)=C(/C=C3\CCN(c4cccnc4Cl)C3=O)CS[C@H]12. The topological polar surface area (TPSA) is 117 Å². The van der Waals surface area contributed by atoms with Crippen LogP contribution in [0.25, 0.3) is 0 Å². The van der Waals surface area contributed by atoms with Gasteiger partial charge in [0, 0.05) is 24.1 Å². The zero-order chi connectivity index (χ0) is 19.3. The van der Waals surface area contributed by atoms with Crippen molar-refractivity contribution >= 4 is 46.8 Å². The van der Waals surface area contributed by atoms with E-state index in [0.29, 0.717) is 35.6 Å². The first-order valence-corrected chi connectivity index (χ1v) is 9.62. The number of aromatic nitrogens is 1. The van der Waals surface area contributed by atoms with Gasteiger partial charge >= 0.3 is 5.97 Å². The summed E-state index contributed by atoms with van der Waals surface area (Å²) in [6, 6.07) is 2.71. The Morgan fingerprint density at radius 1 is 1.44 bits per heavy atom. The summed E-state index contributed by atoms with van der Waals surface area (Å²) in [5, 5.41) is 9.45. The van der Waals surface area contributed by atoms with E-state index in [-0.39, 0.29) is 22.1 Å². The minimum atomic E-state index is -1.20. The van der Waals surface area contributed by atoms with Crippen molar-refractivity contribution in [1.29, 1.82) is 0 Å². The van der Waals surface area contributed by atoms with Crippen molar-refractivity contribution in [2.45, 2.75) is 17.8 Å². The van der Waals surface area contributed by atoms with E-state index in [0.717, 1.165) is 0 Å². The van der Waals surface area contributed by atoms with E-state index in [2.05, 4.69) is 4.98 Å². The molecule has 0 unspecified atom stereocenters. The summed E-state index contributed by atoms with van der Waals surface area (Å²) >= 11 is 7.47. The maximum Gasteiger partial charge on any atom is 0.352 e. The Morgan fingerprint density at radius 3 is 2.93 bits per heavy atom. The van der Waals surface area contributed by atoms with Crippen LogP contribution in [-0.2, 0) is 14.4 Å². The van der Waals surface area contributed by atoms with Crippen molar-refractivity contribution in [2.24, 2.45) is 5.73 Å². The van der Waals surface area contributed by atoms with Gasteiger partial charge in [-0.1, -0.05) is 11.6 Å². The second-order valence-corrected chi connectivity index (χ2v) is 7.77. The molecule has 3 aliphatic rings. The van der Waals surface area contributed by atoms with Crippen LogP contribution in [0, 0.1) is 0 Å². The number of thioether (sulfide) groups is 1. The number of carbonyl (C=O) groups is 3. The number of halogens is 1. The fourth-order valence-corrected chi connectivity index (χ4v) is 4.89. The van der Waals surface area contributed by atoms with Gasteiger partial charge in [-0.25, -0.2) is 9.78 Å². The van der Waals surface area contributed by atoms with Gasteiger partial charge in [0.2, 0.25) is 5.91 Å². The molecular weight excluding hydrogens is 392 g/mol. The van der Waals surface area contributed by atoms with E-state index in [4.69, 9.17) is 17.3 Å². The van der Waals surface area contributed by atoms with Gasteiger partial charge in [0.25, 0.3) is 5.91 Å². The average Bonchev–Trinajstić information content (AvgIpc) is 3.01. The standard InChI is InChI=1S/C17H15ClN4O4S/c18-13-10(2-1-4-20-13)21-5-3-8(14(21)23)6-9-7-27-16-11(19)15(24)22(16)12(9)17(25)26/h1-2,4,6,11,16H,3,5,7,19H2,(H,25,26)/b8-6+/t11-,16-/m1/s1. The van der Waals surface area contributed by atoms with Crippen LogP contribution >= 0.6 is 23.4 Å². The van der Waals surface area contributed by atoms with Gasteiger partial charge in [-0.2, -0.15) is 0 Å². The van der Waals surface area contributed by atoms with Gasteiger partial charge in [-0.05, 0) is 30.2 Å². The first kappa shape index (κ1) is 18.0. The van der Waals surface area contributed by atoms with Gasteiger partial charge in [-0.15, -0.1) is 11.8 Å². The molecule has 4 rings (SSSR count). The summed E-state index contributed by atoms with van der Waals surface area (Å²) in [5.41, 5.74) is 7.08. The average molecular weight is 407 g/mol. The quantitative estimate of drug-likeness (QED) is 0.436. The number of amides is 2. The second-order valence-electron chi connectivity index (χ2n) is 6.30. The maximum atomic E-state index is 12.8. The fraction of sp³-hybridized carbons (Fsp3) is 0.294. The van der Waals surface area contributed by atoms with Crippen molar-refractivity contribution in [1.82, 2.24) is 9.88 Å². The van der Waals surface area contributed by atoms with Crippen LogP contribution < -0.4 is 10.6 Å². The molecule has 0 saturated carbocycles. The van der Waals surface area contributed by atoms with Crippen molar-refractivity contribution in [3.8, 4) is 0 Å². The summed E-state index contributed by atoms with van der Waals surface area (Å²) in [4.78, 5) is 43.2. The number of fused-ring (bicyclic) bond motifs is 1. The van der Waals surface area contributed by atoms with Crippen molar-refractivity contribution in [3.05, 3.63) is 46.4 Å². The van der Waals surface area contributed by atoms with E-state index in [9.17, 15) is 19.5 Å². The van der Waals surface area contributed by atoms with E-state index in [1.807, 2.05) is 0 Å². The largest absolute Gasteiger partial charge is 0.477 e. The highest BCUT2D eigenvalue weighted by atomic mass is 35.5. The number of hydrogen-bond donors (Lipinski definition) is 2. The molecule has 2 saturated heterocycles. The molecule has 0 aromatic carbocycles. The number of carboxylic acid groups (broad SMARTS) is 1. The summed E-state index contributed by atoms with van der Waals surface area (Å²) in [7, 11) is 0. The van der Waals surface area contributed by atoms with Crippen LogP contribution in [-0.4, -0.2) is 56.5 Å². The van der Waals surface area contributed by atoms with Crippen molar-refractivity contribution in [3.63, 3.8) is 0 Å². The number of aliphatic carboxylic acids is 1. The van der Waals surface area contributed by atoms with Crippen LogP contribution in [0.15, 0.2) is 41.2 Å². The van der Waals surface area contributed by atoms with E-state index in [1.54, 1.807) is 18.2 Å². The highest BCUT2D eigenvalue weighted by Crippen LogP contribution is 2.40. The monoisotopic (exact) mass is 406 g/mol. The molecule has 4 heterocycles. The Labute approximate surface area is 163 Å². The minimum absolute atomic E-state index is 0.0939. The minimum Gasteiger partial charge on any atom is -0.477 e. The lowest BCUT2D eigenvalue weighted by molar-refractivity contribution is -0.147. The molecule has 1 aromatic heterocycles. The lowest BCUT2D eigenvalue weighted by atomic mass is 10.0. The lowest BCUT2D eigenvalue weighted by Crippen LogP contribution is -2.68. The molecule has 140 valence electrons. The van der Waals surface area contributed by atoms with E-state index < -0.39 is 17.9 Å². The molecule has 0 bridgehead atoms. The molecule has 2 atom stereocenters. The Balaban J connectivity index is 1.67. The first-order chi connectivity index (χ1) is 12.9. The fourth-order valence-electron chi connectivity index (χ4n) is 3.42. The number of carbonyl (C=O) groups excluding carboxylic acids is 2. The maximum absolute atomic E-state index is 12.8. The third-order valence-electron chi connectivity index (χ3n) is 4.74. The van der Waals surface area contributed by atoms with E-state index >= 15 is 0 Å². The van der Waals surface area contributed by atoms with Gasteiger partial charge in [0.05, 0.1) is 5.69 Å². The Hall–Kier alpha value is -2.36. The molecule has 0 radical (unpaired) electrons. The Bertz CT molecular complexity index is 931. The molecular formula is C17H15ClN4O4S. The molecule has 0 aliphatic carbocycles. The number of rotatable bonds is 3. The molecule has 8 nitrogen and oxygen atoms in total. The number of hydrogen-bond acceptors (Lipinski definition) is 6. The molecule has 10 heteroatoms. The highest BCUT2D eigenvalue weighted by Gasteiger charge is 2.51. The van der Waals surface area contributed by atoms with Gasteiger partial charge in [0.15, 0.2) is 5.15 Å². The molecule has 1 aromatic rings. The zero-order valence-electron chi connectivity index (χ0n) is 14.0. The third kappa shape index (κ3) is 2.82. The molecule has 27 heavy (non-hydrogen) atoms. The molecule has 2 amide bonds. The third-order valence-corrected chi connectivity index (χ3v) is 6.36. The summed E-state index contributed by atoms with van der Waals surface area (Å²) in [6.45, 7) is 0.426. The van der Waals surface area contributed by atoms with Gasteiger partial charge in [0.1, 0.15) is 17.1 Å². The number of nitrogens with two attached hydrogens (primary N) is 1. The first-order valence-electron chi connectivity index (χ1n) is 8.20. The molecule has 0 spiro atoms. The summed E-state index contributed by atoms with van der Waals surface area (Å²) < 4.78 is 0. The number of β-lactam (4-membered cyclic amide) rings is 1. The molecule has 3 aliphatic heterocycles. The van der Waals surface area contributed by atoms with Crippen LogP contribution in [0.1, 0.15) is 6.42 Å². The van der Waals surface area contributed by atoms with Crippen LogP contribution in [0.4, 0.5) is 5.69 Å². The van der Waals surface area contributed by atoms with Gasteiger partial charge < -0.3 is 15.7 Å². The van der Waals surface area contributed by atoms with Crippen LogP contribution in [0.5, 0.6) is 0 Å². The van der Waals surface area contributed by atoms with Gasteiger partial charge in [-0.3, -0.25) is 14.5 Å². The number of allylic oxidation sites excluding steroid dienone is 1.